The third kappa shape index (κ3) is 2.81. The van der Waals surface area contributed by atoms with E-state index in [1.807, 2.05) is 18.5 Å². The Kier molecular flexibility index (Phi) is 4.08. The molecule has 1 aliphatic rings. The standard InChI is InChI=1S/C15H22N6O2/c1-3-20-13-4-5-19(7-11(13)12(9-22)18-20)15(23)8-21-14(16)6-10(2)17-21/h6,22H,3-5,7-9,16H2,1-2H3. The Morgan fingerprint density at radius 2 is 2.17 bits per heavy atom. The first kappa shape index (κ1) is 15.5. The van der Waals surface area contributed by atoms with Crippen molar-refractivity contribution in [1.82, 2.24) is 24.5 Å². The van der Waals surface area contributed by atoms with Crippen molar-refractivity contribution in [1.29, 1.82) is 0 Å². The molecule has 0 bridgehead atoms. The van der Waals surface area contributed by atoms with Crippen LogP contribution in [0.4, 0.5) is 5.82 Å². The maximum atomic E-state index is 12.5. The van der Waals surface area contributed by atoms with Crippen LogP contribution < -0.4 is 5.73 Å². The van der Waals surface area contributed by atoms with Gasteiger partial charge in [-0.2, -0.15) is 10.2 Å². The summed E-state index contributed by atoms with van der Waals surface area (Å²) >= 11 is 0. The van der Waals surface area contributed by atoms with E-state index in [-0.39, 0.29) is 19.1 Å². The zero-order chi connectivity index (χ0) is 16.6. The number of carbonyl (C=O) groups excluding carboxylic acids is 1. The summed E-state index contributed by atoms with van der Waals surface area (Å²) in [7, 11) is 0. The number of hydrogen-bond acceptors (Lipinski definition) is 5. The highest BCUT2D eigenvalue weighted by Crippen LogP contribution is 2.23. The minimum absolute atomic E-state index is 0.0291. The fraction of sp³-hybridized carbons (Fsp3) is 0.533. The van der Waals surface area contributed by atoms with E-state index in [2.05, 4.69) is 10.2 Å². The number of fused-ring (bicyclic) bond motifs is 1. The quantitative estimate of drug-likeness (QED) is 0.830. The van der Waals surface area contributed by atoms with Gasteiger partial charge in [-0.25, -0.2) is 4.68 Å². The molecule has 0 atom stereocenters. The van der Waals surface area contributed by atoms with E-state index in [1.165, 1.54) is 4.68 Å². The summed E-state index contributed by atoms with van der Waals surface area (Å²) in [5.41, 5.74) is 9.39. The highest BCUT2D eigenvalue weighted by molar-refractivity contribution is 5.76. The maximum absolute atomic E-state index is 12.5. The maximum Gasteiger partial charge on any atom is 0.244 e. The molecule has 0 saturated heterocycles. The predicted octanol–water partition coefficient (Wildman–Crippen LogP) is 0.0673. The summed E-state index contributed by atoms with van der Waals surface area (Å²) in [5, 5.41) is 18.1. The molecule has 124 valence electrons. The first-order valence-corrected chi connectivity index (χ1v) is 7.79. The van der Waals surface area contributed by atoms with Crippen molar-refractivity contribution in [3.05, 3.63) is 28.7 Å². The van der Waals surface area contributed by atoms with Crippen LogP contribution >= 0.6 is 0 Å². The van der Waals surface area contributed by atoms with Gasteiger partial charge in [-0.05, 0) is 13.8 Å². The number of nitrogen functional groups attached to an aromatic ring is 1. The van der Waals surface area contributed by atoms with Gasteiger partial charge in [-0.1, -0.05) is 0 Å². The molecule has 0 spiro atoms. The Hall–Kier alpha value is -2.35. The van der Waals surface area contributed by atoms with Gasteiger partial charge in [-0.15, -0.1) is 0 Å². The normalized spacial score (nSPS) is 14.1. The zero-order valence-electron chi connectivity index (χ0n) is 13.5. The summed E-state index contributed by atoms with van der Waals surface area (Å²) in [6.45, 7) is 5.77. The Morgan fingerprint density at radius 3 is 2.78 bits per heavy atom. The van der Waals surface area contributed by atoms with E-state index < -0.39 is 0 Å². The summed E-state index contributed by atoms with van der Waals surface area (Å²) in [5.74, 6) is 0.460. The molecular formula is C15H22N6O2. The van der Waals surface area contributed by atoms with Gasteiger partial charge in [0, 0.05) is 43.4 Å². The van der Waals surface area contributed by atoms with Crippen molar-refractivity contribution < 1.29 is 9.90 Å². The lowest BCUT2D eigenvalue weighted by atomic mass is 10.1. The summed E-state index contributed by atoms with van der Waals surface area (Å²) < 4.78 is 3.44. The molecule has 1 amide bonds. The molecule has 23 heavy (non-hydrogen) atoms. The van der Waals surface area contributed by atoms with E-state index in [9.17, 15) is 9.90 Å². The molecule has 8 heteroatoms. The van der Waals surface area contributed by atoms with Crippen LogP contribution in [0.1, 0.15) is 29.6 Å². The third-order valence-corrected chi connectivity index (χ3v) is 4.24. The molecule has 0 fully saturated rings. The zero-order valence-corrected chi connectivity index (χ0v) is 13.5. The van der Waals surface area contributed by atoms with Crippen molar-refractivity contribution >= 4 is 11.7 Å². The lowest BCUT2D eigenvalue weighted by Gasteiger charge is -2.28. The van der Waals surface area contributed by atoms with E-state index in [0.29, 0.717) is 24.6 Å². The van der Waals surface area contributed by atoms with Gasteiger partial charge >= 0.3 is 0 Å². The fourth-order valence-corrected chi connectivity index (χ4v) is 3.08. The minimum Gasteiger partial charge on any atom is -0.390 e. The molecule has 0 unspecified atom stereocenters. The van der Waals surface area contributed by atoms with Crippen molar-refractivity contribution in [2.24, 2.45) is 0 Å². The van der Waals surface area contributed by atoms with Crippen LogP contribution in [-0.2, 0) is 37.5 Å². The van der Waals surface area contributed by atoms with Crippen LogP contribution in [0.15, 0.2) is 6.07 Å². The monoisotopic (exact) mass is 318 g/mol. The first-order valence-electron chi connectivity index (χ1n) is 7.79. The summed E-state index contributed by atoms with van der Waals surface area (Å²) in [4.78, 5) is 14.3. The van der Waals surface area contributed by atoms with Gasteiger partial charge in [0.15, 0.2) is 0 Å². The number of rotatable bonds is 4. The van der Waals surface area contributed by atoms with E-state index >= 15 is 0 Å². The van der Waals surface area contributed by atoms with E-state index in [1.54, 1.807) is 11.0 Å². The van der Waals surface area contributed by atoms with E-state index in [4.69, 9.17) is 5.73 Å². The van der Waals surface area contributed by atoms with Crippen molar-refractivity contribution in [3.8, 4) is 0 Å². The number of aliphatic hydroxyl groups is 1. The smallest absolute Gasteiger partial charge is 0.244 e. The Morgan fingerprint density at radius 1 is 1.39 bits per heavy atom. The van der Waals surface area contributed by atoms with Crippen molar-refractivity contribution in [2.45, 2.75) is 46.5 Å². The molecule has 3 N–H and O–H groups in total. The predicted molar refractivity (Wildman–Crippen MR) is 84.3 cm³/mol. The molecule has 3 heterocycles. The van der Waals surface area contributed by atoms with Crippen LogP contribution in [0, 0.1) is 6.92 Å². The Labute approximate surface area is 134 Å². The number of aryl methyl sites for hydroxylation is 2. The molecular weight excluding hydrogens is 296 g/mol. The largest absolute Gasteiger partial charge is 0.390 e. The fourth-order valence-electron chi connectivity index (χ4n) is 3.08. The summed E-state index contributed by atoms with van der Waals surface area (Å²) in [6, 6.07) is 1.75. The Bertz CT molecular complexity index is 733. The molecule has 0 radical (unpaired) electrons. The van der Waals surface area contributed by atoms with Gasteiger partial charge in [0.1, 0.15) is 12.4 Å². The second kappa shape index (κ2) is 6.04. The summed E-state index contributed by atoms with van der Waals surface area (Å²) in [6.07, 6.45) is 0.746. The van der Waals surface area contributed by atoms with Crippen LogP contribution in [0.3, 0.4) is 0 Å². The number of aliphatic hydroxyl groups excluding tert-OH is 1. The lowest BCUT2D eigenvalue weighted by molar-refractivity contribution is -0.133. The van der Waals surface area contributed by atoms with Crippen molar-refractivity contribution in [3.63, 3.8) is 0 Å². The van der Waals surface area contributed by atoms with Crippen LogP contribution in [0.25, 0.3) is 0 Å². The number of amides is 1. The van der Waals surface area contributed by atoms with Gasteiger partial charge in [0.2, 0.25) is 5.91 Å². The van der Waals surface area contributed by atoms with E-state index in [0.717, 1.165) is 29.9 Å². The third-order valence-electron chi connectivity index (χ3n) is 4.24. The number of hydrogen-bond donors (Lipinski definition) is 2. The molecule has 2 aromatic rings. The van der Waals surface area contributed by atoms with Crippen molar-refractivity contribution in [2.75, 3.05) is 12.3 Å². The van der Waals surface area contributed by atoms with Crippen LogP contribution in [0.5, 0.6) is 0 Å². The highest BCUT2D eigenvalue weighted by Gasteiger charge is 2.27. The SMILES string of the molecule is CCn1nc(CO)c2c1CCN(C(=O)Cn1nc(C)cc1N)C2. The molecule has 3 rings (SSSR count). The highest BCUT2D eigenvalue weighted by atomic mass is 16.3. The van der Waals surface area contributed by atoms with Gasteiger partial charge < -0.3 is 15.7 Å². The first-order chi connectivity index (χ1) is 11.0. The van der Waals surface area contributed by atoms with Gasteiger partial charge in [0.05, 0.1) is 18.0 Å². The number of anilines is 1. The second-order valence-electron chi connectivity index (χ2n) is 5.78. The second-order valence-corrected chi connectivity index (χ2v) is 5.78. The lowest BCUT2D eigenvalue weighted by Crippen LogP contribution is -2.38. The Balaban J connectivity index is 1.77. The average Bonchev–Trinajstić information content (AvgIpc) is 3.05. The van der Waals surface area contributed by atoms with Crippen LogP contribution in [-0.4, -0.2) is 42.0 Å². The molecule has 0 saturated carbocycles. The molecule has 8 nitrogen and oxygen atoms in total. The molecule has 0 aliphatic carbocycles. The molecule has 0 aromatic carbocycles. The molecule has 1 aliphatic heterocycles. The average molecular weight is 318 g/mol. The minimum atomic E-state index is -0.108. The van der Waals surface area contributed by atoms with Crippen LogP contribution in [0.2, 0.25) is 0 Å². The van der Waals surface area contributed by atoms with Gasteiger partial charge in [-0.3, -0.25) is 9.48 Å². The number of nitrogens with zero attached hydrogens (tertiary/aromatic N) is 5. The number of carbonyl (C=O) groups is 1. The topological polar surface area (TPSA) is 102 Å². The number of aromatic nitrogens is 4. The molecule has 2 aromatic heterocycles. The van der Waals surface area contributed by atoms with Gasteiger partial charge in [0.25, 0.3) is 0 Å². The number of nitrogens with two attached hydrogens (primary N) is 1.